The summed E-state index contributed by atoms with van der Waals surface area (Å²) in [6.45, 7) is 1.94. The maximum absolute atomic E-state index is 13.7. The van der Waals surface area contributed by atoms with Crippen molar-refractivity contribution in [1.82, 2.24) is 9.38 Å². The van der Waals surface area contributed by atoms with Crippen LogP contribution in [0.15, 0.2) is 71.7 Å². The number of urea groups is 1. The van der Waals surface area contributed by atoms with Crippen molar-refractivity contribution in [1.29, 1.82) is 0 Å². The van der Waals surface area contributed by atoms with Crippen LogP contribution < -0.4 is 20.9 Å². The number of carbonyl (C=O) groups is 1. The van der Waals surface area contributed by atoms with Crippen molar-refractivity contribution in [3.8, 4) is 5.75 Å². The SMILES string of the molecule is Cc1ccc2nc(COc3cccc(NC(=O)Nc4ccc(F)cc4F)c3)cc(=O)n2c1. The highest BCUT2D eigenvalue weighted by Crippen LogP contribution is 2.20. The van der Waals surface area contributed by atoms with Gasteiger partial charge in [0.2, 0.25) is 0 Å². The predicted octanol–water partition coefficient (Wildman–Crippen LogP) is 4.50. The molecule has 0 saturated heterocycles. The maximum Gasteiger partial charge on any atom is 0.323 e. The van der Waals surface area contributed by atoms with Crippen molar-refractivity contribution >= 4 is 23.1 Å². The molecule has 0 bridgehead atoms. The highest BCUT2D eigenvalue weighted by Gasteiger charge is 2.09. The number of rotatable bonds is 5. The molecule has 2 heterocycles. The third-order valence-corrected chi connectivity index (χ3v) is 4.52. The number of carbonyl (C=O) groups excluding carboxylic acids is 1. The highest BCUT2D eigenvalue weighted by atomic mass is 19.1. The van der Waals surface area contributed by atoms with Crippen LogP contribution in [0.2, 0.25) is 0 Å². The number of nitrogens with zero attached hydrogens (tertiary/aromatic N) is 2. The van der Waals surface area contributed by atoms with Gasteiger partial charge in [0.1, 0.15) is 29.6 Å². The second kappa shape index (κ2) is 8.84. The van der Waals surface area contributed by atoms with Gasteiger partial charge in [0, 0.05) is 30.1 Å². The molecule has 0 fully saturated rings. The van der Waals surface area contributed by atoms with E-state index in [9.17, 15) is 18.4 Å². The first-order valence-electron chi connectivity index (χ1n) is 9.62. The van der Waals surface area contributed by atoms with Crippen LogP contribution >= 0.6 is 0 Å². The lowest BCUT2D eigenvalue weighted by Gasteiger charge is -2.11. The van der Waals surface area contributed by atoms with E-state index in [1.54, 1.807) is 36.5 Å². The Labute approximate surface area is 181 Å². The first-order valence-corrected chi connectivity index (χ1v) is 9.62. The van der Waals surface area contributed by atoms with E-state index in [1.165, 1.54) is 10.5 Å². The van der Waals surface area contributed by atoms with Gasteiger partial charge in [-0.05, 0) is 42.8 Å². The molecule has 32 heavy (non-hydrogen) atoms. The first-order chi connectivity index (χ1) is 15.4. The number of nitrogens with one attached hydrogen (secondary N) is 2. The number of anilines is 2. The van der Waals surface area contributed by atoms with E-state index in [1.807, 2.05) is 13.0 Å². The summed E-state index contributed by atoms with van der Waals surface area (Å²) in [4.78, 5) is 28.8. The fourth-order valence-corrected chi connectivity index (χ4v) is 3.03. The number of pyridine rings is 1. The van der Waals surface area contributed by atoms with Crippen LogP contribution in [0.25, 0.3) is 5.65 Å². The number of benzene rings is 2. The number of hydrogen-bond donors (Lipinski definition) is 2. The highest BCUT2D eigenvalue weighted by molar-refractivity contribution is 5.99. The summed E-state index contributed by atoms with van der Waals surface area (Å²) in [5.74, 6) is -1.19. The third kappa shape index (κ3) is 4.89. The van der Waals surface area contributed by atoms with E-state index in [-0.39, 0.29) is 17.9 Å². The zero-order chi connectivity index (χ0) is 22.7. The van der Waals surface area contributed by atoms with Crippen molar-refractivity contribution in [2.24, 2.45) is 0 Å². The molecule has 0 aliphatic carbocycles. The van der Waals surface area contributed by atoms with Crippen molar-refractivity contribution in [2.75, 3.05) is 10.6 Å². The minimum absolute atomic E-state index is 0.0516. The standard InChI is InChI=1S/C23H18F2N4O3/c1-14-5-8-21-26-17(11-22(30)29(21)12-14)13-32-18-4-2-3-16(10-18)27-23(31)28-20-7-6-15(24)9-19(20)25/h2-12H,13H2,1H3,(H2,27,28,31). The number of halogens is 2. The summed E-state index contributed by atoms with van der Waals surface area (Å²) < 4.78 is 33.8. The van der Waals surface area contributed by atoms with E-state index in [2.05, 4.69) is 15.6 Å². The average Bonchev–Trinajstić information content (AvgIpc) is 2.75. The zero-order valence-electron chi connectivity index (χ0n) is 16.9. The summed E-state index contributed by atoms with van der Waals surface area (Å²) in [5, 5.41) is 4.86. The molecule has 7 nitrogen and oxygen atoms in total. The van der Waals surface area contributed by atoms with Crippen LogP contribution in [-0.4, -0.2) is 15.4 Å². The molecule has 2 aromatic carbocycles. The quantitative estimate of drug-likeness (QED) is 0.482. The number of ether oxygens (including phenoxy) is 1. The van der Waals surface area contributed by atoms with Gasteiger partial charge >= 0.3 is 6.03 Å². The summed E-state index contributed by atoms with van der Waals surface area (Å²) in [7, 11) is 0. The van der Waals surface area contributed by atoms with Gasteiger partial charge in [0.15, 0.2) is 0 Å². The van der Waals surface area contributed by atoms with Gasteiger partial charge in [-0.15, -0.1) is 0 Å². The number of amides is 2. The van der Waals surface area contributed by atoms with E-state index in [0.717, 1.165) is 17.7 Å². The first kappa shape index (κ1) is 21.0. The Morgan fingerprint density at radius 3 is 2.72 bits per heavy atom. The van der Waals surface area contributed by atoms with Crippen molar-refractivity contribution < 1.29 is 18.3 Å². The molecule has 4 rings (SSSR count). The van der Waals surface area contributed by atoms with Gasteiger partial charge in [0.25, 0.3) is 5.56 Å². The average molecular weight is 436 g/mol. The molecule has 0 spiro atoms. The summed E-state index contributed by atoms with van der Waals surface area (Å²) >= 11 is 0. The van der Waals surface area contributed by atoms with Gasteiger partial charge in [0.05, 0.1) is 11.4 Å². The largest absolute Gasteiger partial charge is 0.487 e. The van der Waals surface area contributed by atoms with E-state index in [0.29, 0.717) is 28.8 Å². The Hall–Kier alpha value is -4.27. The number of aryl methyl sites for hydroxylation is 1. The molecular weight excluding hydrogens is 418 g/mol. The normalized spacial score (nSPS) is 10.7. The number of aromatic nitrogens is 2. The smallest absolute Gasteiger partial charge is 0.323 e. The van der Waals surface area contributed by atoms with Crippen LogP contribution in [-0.2, 0) is 6.61 Å². The van der Waals surface area contributed by atoms with Crippen LogP contribution in [0, 0.1) is 18.6 Å². The fraction of sp³-hybridized carbons (Fsp3) is 0.0870. The molecule has 0 atom stereocenters. The molecule has 0 aliphatic rings. The molecule has 0 radical (unpaired) electrons. The molecule has 0 aliphatic heterocycles. The van der Waals surface area contributed by atoms with Gasteiger partial charge in [-0.1, -0.05) is 12.1 Å². The molecule has 0 unspecified atom stereocenters. The Kier molecular flexibility index (Phi) is 5.80. The molecule has 2 N–H and O–H groups in total. The Balaban J connectivity index is 1.42. The van der Waals surface area contributed by atoms with Crippen LogP contribution in [0.5, 0.6) is 5.75 Å². The van der Waals surface area contributed by atoms with Gasteiger partial charge in [-0.3, -0.25) is 9.20 Å². The summed E-state index contributed by atoms with van der Waals surface area (Å²) in [6, 6.07) is 13.7. The van der Waals surface area contributed by atoms with Gasteiger partial charge < -0.3 is 15.4 Å². The lowest BCUT2D eigenvalue weighted by molar-refractivity contribution is 0.262. The van der Waals surface area contributed by atoms with Gasteiger partial charge in [-0.25, -0.2) is 18.6 Å². The number of hydrogen-bond acceptors (Lipinski definition) is 4. The predicted molar refractivity (Wildman–Crippen MR) is 116 cm³/mol. The molecular formula is C23H18F2N4O3. The summed E-state index contributed by atoms with van der Waals surface area (Å²) in [5.41, 5.74) is 1.95. The van der Waals surface area contributed by atoms with Crippen LogP contribution in [0.4, 0.5) is 25.0 Å². The van der Waals surface area contributed by atoms with Crippen molar-refractivity contribution in [2.45, 2.75) is 13.5 Å². The lowest BCUT2D eigenvalue weighted by Crippen LogP contribution is -2.20. The monoisotopic (exact) mass is 436 g/mol. The van der Waals surface area contributed by atoms with Crippen molar-refractivity contribution in [3.05, 3.63) is 100 Å². The number of fused-ring (bicyclic) bond motifs is 1. The van der Waals surface area contributed by atoms with Crippen LogP contribution in [0.3, 0.4) is 0 Å². The Morgan fingerprint density at radius 2 is 1.91 bits per heavy atom. The van der Waals surface area contributed by atoms with E-state index in [4.69, 9.17) is 4.74 Å². The molecule has 4 aromatic rings. The third-order valence-electron chi connectivity index (χ3n) is 4.52. The molecule has 2 amide bonds. The van der Waals surface area contributed by atoms with Gasteiger partial charge in [-0.2, -0.15) is 0 Å². The topological polar surface area (TPSA) is 84.7 Å². The van der Waals surface area contributed by atoms with E-state index < -0.39 is 17.7 Å². The van der Waals surface area contributed by atoms with Crippen LogP contribution in [0.1, 0.15) is 11.3 Å². The molecule has 9 heteroatoms. The second-order valence-corrected chi connectivity index (χ2v) is 7.04. The zero-order valence-corrected chi connectivity index (χ0v) is 16.9. The molecule has 2 aromatic heterocycles. The second-order valence-electron chi connectivity index (χ2n) is 7.04. The maximum atomic E-state index is 13.7. The molecule has 162 valence electrons. The minimum Gasteiger partial charge on any atom is -0.487 e. The summed E-state index contributed by atoms with van der Waals surface area (Å²) in [6.07, 6.45) is 1.72. The fourth-order valence-electron chi connectivity index (χ4n) is 3.03. The van der Waals surface area contributed by atoms with E-state index >= 15 is 0 Å². The Bertz CT molecular complexity index is 1370. The van der Waals surface area contributed by atoms with Crippen molar-refractivity contribution in [3.63, 3.8) is 0 Å². The minimum atomic E-state index is -0.883. The lowest BCUT2D eigenvalue weighted by atomic mass is 10.3. The molecule has 0 saturated carbocycles. The Morgan fingerprint density at radius 1 is 1.06 bits per heavy atom.